The first-order chi connectivity index (χ1) is 11.3. The molecule has 0 bridgehead atoms. The van der Waals surface area contributed by atoms with Crippen LogP contribution in [0.5, 0.6) is 0 Å². The predicted molar refractivity (Wildman–Crippen MR) is 86.9 cm³/mol. The van der Waals surface area contributed by atoms with E-state index in [-0.39, 0.29) is 19.5 Å². The van der Waals surface area contributed by atoms with Crippen molar-refractivity contribution in [2.45, 2.75) is 51.1 Å². The molecule has 8 N–H and O–H groups in total. The third-order valence-electron chi connectivity index (χ3n) is 3.27. The summed E-state index contributed by atoms with van der Waals surface area (Å²) in [6.45, 7) is 1.86. The van der Waals surface area contributed by atoms with E-state index < -0.39 is 35.9 Å². The smallest absolute Gasteiger partial charge is 0.326 e. The minimum Gasteiger partial charge on any atom is -0.480 e. The zero-order chi connectivity index (χ0) is 18.5. The fraction of sp³-hybridized carbons (Fsp3) is 0.714. The molecule has 0 aliphatic heterocycles. The molecule has 10 heteroatoms. The van der Waals surface area contributed by atoms with Crippen LogP contribution in [0.15, 0.2) is 0 Å². The third kappa shape index (κ3) is 9.62. The quantitative estimate of drug-likeness (QED) is 0.238. The SMILES string of the molecule is CCCC[C@H](NC(=O)[C@H](CCCNC(N)=O)NC(=O)CN)C(=O)O. The molecular formula is C14H27N5O5. The molecule has 10 nitrogen and oxygen atoms in total. The highest BCUT2D eigenvalue weighted by atomic mass is 16.4. The van der Waals surface area contributed by atoms with Crippen molar-refractivity contribution in [1.29, 1.82) is 0 Å². The fourth-order valence-corrected chi connectivity index (χ4v) is 1.98. The summed E-state index contributed by atoms with van der Waals surface area (Å²) < 4.78 is 0. The van der Waals surface area contributed by atoms with Gasteiger partial charge in [0.25, 0.3) is 0 Å². The molecular weight excluding hydrogens is 318 g/mol. The van der Waals surface area contributed by atoms with Crippen LogP contribution in [-0.2, 0) is 14.4 Å². The van der Waals surface area contributed by atoms with E-state index in [2.05, 4.69) is 16.0 Å². The van der Waals surface area contributed by atoms with Crippen molar-refractivity contribution in [3.05, 3.63) is 0 Å². The van der Waals surface area contributed by atoms with Gasteiger partial charge in [-0.05, 0) is 19.3 Å². The van der Waals surface area contributed by atoms with Gasteiger partial charge in [0.1, 0.15) is 12.1 Å². The van der Waals surface area contributed by atoms with Crippen LogP contribution in [-0.4, -0.2) is 54.1 Å². The number of amides is 4. The molecule has 0 radical (unpaired) electrons. The van der Waals surface area contributed by atoms with Crippen LogP contribution < -0.4 is 27.4 Å². The Labute approximate surface area is 140 Å². The van der Waals surface area contributed by atoms with E-state index in [1.807, 2.05) is 6.92 Å². The zero-order valence-electron chi connectivity index (χ0n) is 13.8. The summed E-state index contributed by atoms with van der Waals surface area (Å²) in [5.74, 6) is -2.26. The molecule has 0 saturated carbocycles. The first-order valence-corrected chi connectivity index (χ1v) is 7.87. The van der Waals surface area contributed by atoms with Crippen molar-refractivity contribution < 1.29 is 24.3 Å². The average molecular weight is 345 g/mol. The summed E-state index contributed by atoms with van der Waals surface area (Å²) in [7, 11) is 0. The predicted octanol–water partition coefficient (Wildman–Crippen LogP) is -1.36. The first-order valence-electron chi connectivity index (χ1n) is 7.87. The van der Waals surface area contributed by atoms with E-state index in [1.54, 1.807) is 0 Å². The van der Waals surface area contributed by atoms with E-state index in [1.165, 1.54) is 0 Å². The number of hydrogen-bond donors (Lipinski definition) is 6. The van der Waals surface area contributed by atoms with Crippen LogP contribution in [0, 0.1) is 0 Å². The minimum atomic E-state index is -1.13. The fourth-order valence-electron chi connectivity index (χ4n) is 1.98. The molecule has 2 atom stereocenters. The third-order valence-corrected chi connectivity index (χ3v) is 3.27. The van der Waals surface area contributed by atoms with E-state index in [9.17, 15) is 19.2 Å². The Balaban J connectivity index is 4.71. The van der Waals surface area contributed by atoms with Gasteiger partial charge in [-0.3, -0.25) is 9.59 Å². The van der Waals surface area contributed by atoms with Crippen molar-refractivity contribution in [1.82, 2.24) is 16.0 Å². The lowest BCUT2D eigenvalue weighted by atomic mass is 10.1. The lowest BCUT2D eigenvalue weighted by molar-refractivity contribution is -0.142. The van der Waals surface area contributed by atoms with Gasteiger partial charge in [-0.25, -0.2) is 9.59 Å². The molecule has 0 spiro atoms. The maximum atomic E-state index is 12.3. The summed E-state index contributed by atoms with van der Waals surface area (Å²) in [5, 5.41) is 16.4. The highest BCUT2D eigenvalue weighted by Crippen LogP contribution is 2.04. The van der Waals surface area contributed by atoms with E-state index >= 15 is 0 Å². The topological polar surface area (TPSA) is 177 Å². The van der Waals surface area contributed by atoms with Crippen LogP contribution in [0.1, 0.15) is 39.0 Å². The number of carboxylic acids is 1. The number of rotatable bonds is 12. The first kappa shape index (κ1) is 21.6. The summed E-state index contributed by atoms with van der Waals surface area (Å²) in [5.41, 5.74) is 10.2. The molecule has 0 heterocycles. The van der Waals surface area contributed by atoms with Crippen LogP contribution in [0.2, 0.25) is 0 Å². The van der Waals surface area contributed by atoms with Crippen LogP contribution in [0.25, 0.3) is 0 Å². The average Bonchev–Trinajstić information content (AvgIpc) is 2.53. The molecule has 4 amide bonds. The van der Waals surface area contributed by atoms with Gasteiger partial charge in [-0.15, -0.1) is 0 Å². The Morgan fingerprint density at radius 2 is 1.67 bits per heavy atom. The second-order valence-electron chi connectivity index (χ2n) is 5.30. The van der Waals surface area contributed by atoms with Gasteiger partial charge >= 0.3 is 12.0 Å². The zero-order valence-corrected chi connectivity index (χ0v) is 13.8. The Hall–Kier alpha value is -2.36. The van der Waals surface area contributed by atoms with Gasteiger partial charge < -0.3 is 32.5 Å². The summed E-state index contributed by atoms with van der Waals surface area (Å²) >= 11 is 0. The number of nitrogens with one attached hydrogen (secondary N) is 3. The molecule has 0 aliphatic rings. The number of carboxylic acid groups (broad SMARTS) is 1. The summed E-state index contributed by atoms with van der Waals surface area (Å²) in [4.78, 5) is 45.5. The van der Waals surface area contributed by atoms with Gasteiger partial charge in [-0.2, -0.15) is 0 Å². The maximum Gasteiger partial charge on any atom is 0.326 e. The lowest BCUT2D eigenvalue weighted by Gasteiger charge is -2.21. The molecule has 138 valence electrons. The monoisotopic (exact) mass is 345 g/mol. The molecule has 0 fully saturated rings. The second-order valence-corrected chi connectivity index (χ2v) is 5.30. The van der Waals surface area contributed by atoms with Crippen molar-refractivity contribution in [3.63, 3.8) is 0 Å². The van der Waals surface area contributed by atoms with E-state index in [0.717, 1.165) is 6.42 Å². The van der Waals surface area contributed by atoms with Crippen molar-refractivity contribution in [3.8, 4) is 0 Å². The van der Waals surface area contributed by atoms with Crippen LogP contribution >= 0.6 is 0 Å². The number of carbonyl (C=O) groups excluding carboxylic acids is 3. The van der Waals surface area contributed by atoms with Gasteiger partial charge in [0.2, 0.25) is 11.8 Å². The van der Waals surface area contributed by atoms with Gasteiger partial charge in [0, 0.05) is 6.54 Å². The number of urea groups is 1. The highest BCUT2D eigenvalue weighted by molar-refractivity contribution is 5.90. The number of unbranched alkanes of at least 4 members (excludes halogenated alkanes) is 1. The number of primary amides is 1. The van der Waals surface area contributed by atoms with Gasteiger partial charge in [0.15, 0.2) is 0 Å². The number of nitrogens with two attached hydrogens (primary N) is 2. The molecule has 0 unspecified atom stereocenters. The second kappa shape index (κ2) is 12.1. The molecule has 0 aromatic carbocycles. The minimum absolute atomic E-state index is 0.206. The van der Waals surface area contributed by atoms with Crippen molar-refractivity contribution >= 4 is 23.8 Å². The Bertz CT molecular complexity index is 443. The standard InChI is InChI=1S/C14H27N5O5/c1-2-3-5-10(13(22)23)19-12(21)9(18-11(20)8-15)6-4-7-17-14(16)24/h9-10H,2-8,15H2,1H3,(H,18,20)(H,19,21)(H,22,23)(H3,16,17,24)/t9-,10-/m0/s1. The van der Waals surface area contributed by atoms with Crippen LogP contribution in [0.4, 0.5) is 4.79 Å². The number of hydrogen-bond acceptors (Lipinski definition) is 5. The molecule has 0 aromatic heterocycles. The molecule has 0 rings (SSSR count). The van der Waals surface area contributed by atoms with Crippen molar-refractivity contribution in [2.24, 2.45) is 11.5 Å². The Kier molecular flexibility index (Phi) is 10.9. The Morgan fingerprint density at radius 1 is 1.04 bits per heavy atom. The normalized spacial score (nSPS) is 12.8. The van der Waals surface area contributed by atoms with Crippen LogP contribution in [0.3, 0.4) is 0 Å². The largest absolute Gasteiger partial charge is 0.480 e. The highest BCUT2D eigenvalue weighted by Gasteiger charge is 2.25. The lowest BCUT2D eigenvalue weighted by Crippen LogP contribution is -2.52. The number of aliphatic carboxylic acids is 1. The molecule has 24 heavy (non-hydrogen) atoms. The van der Waals surface area contributed by atoms with E-state index in [0.29, 0.717) is 19.3 Å². The molecule has 0 saturated heterocycles. The summed E-state index contributed by atoms with van der Waals surface area (Å²) in [6, 6.07) is -2.63. The van der Waals surface area contributed by atoms with E-state index in [4.69, 9.17) is 16.6 Å². The number of carbonyl (C=O) groups is 4. The molecule has 0 aromatic rings. The van der Waals surface area contributed by atoms with Gasteiger partial charge in [0.05, 0.1) is 6.54 Å². The summed E-state index contributed by atoms with van der Waals surface area (Å²) in [6.07, 6.45) is 2.33. The van der Waals surface area contributed by atoms with Crippen molar-refractivity contribution in [2.75, 3.05) is 13.1 Å². The van der Waals surface area contributed by atoms with Gasteiger partial charge in [-0.1, -0.05) is 19.8 Å². The molecule has 0 aliphatic carbocycles. The Morgan fingerprint density at radius 3 is 2.17 bits per heavy atom. The maximum absolute atomic E-state index is 12.3.